The summed E-state index contributed by atoms with van der Waals surface area (Å²) in [6, 6.07) is 24.1. The van der Waals surface area contributed by atoms with Crippen molar-refractivity contribution in [1.82, 2.24) is 5.32 Å². The van der Waals surface area contributed by atoms with E-state index in [9.17, 15) is 9.59 Å². The lowest BCUT2D eigenvalue weighted by Gasteiger charge is -2.12. The van der Waals surface area contributed by atoms with Gasteiger partial charge in [0.2, 0.25) is 5.91 Å². The first-order valence-electron chi connectivity index (χ1n) is 9.32. The minimum absolute atomic E-state index is 0.0687. The van der Waals surface area contributed by atoms with Crippen molar-refractivity contribution in [2.45, 2.75) is 12.8 Å². The smallest absolute Gasteiger partial charge is 0.258 e. The van der Waals surface area contributed by atoms with Crippen molar-refractivity contribution in [1.29, 1.82) is 0 Å². The Balaban J connectivity index is 1.53. The van der Waals surface area contributed by atoms with Crippen LogP contribution in [0.15, 0.2) is 83.3 Å². The number of carbonyl (C=O) groups excluding carboxylic acids is 2. The second kappa shape index (κ2) is 10.7. The van der Waals surface area contributed by atoms with Crippen LogP contribution in [0.4, 0.5) is 11.4 Å². The fraction of sp³-hybridized carbons (Fsp3) is 0.0870. The highest BCUT2D eigenvalue weighted by atomic mass is 79.9. The standard InChI is InChI=1S/C23H20BrN3O2S/c24-20-12-5-4-11-19(20)22(29)27-23(30)26-18-10-6-9-17(15-18)25-21(28)14-13-16-7-2-1-3-8-16/h1-12,15H,13-14H2,(H,25,28)(H2,26,27,29,30). The van der Waals surface area contributed by atoms with Gasteiger partial charge in [-0.2, -0.15) is 0 Å². The van der Waals surface area contributed by atoms with Gasteiger partial charge in [0, 0.05) is 22.3 Å². The van der Waals surface area contributed by atoms with Crippen LogP contribution in [0.2, 0.25) is 0 Å². The molecule has 30 heavy (non-hydrogen) atoms. The summed E-state index contributed by atoms with van der Waals surface area (Å²) in [6.45, 7) is 0. The van der Waals surface area contributed by atoms with Crippen LogP contribution in [-0.4, -0.2) is 16.9 Å². The zero-order valence-electron chi connectivity index (χ0n) is 16.0. The molecule has 7 heteroatoms. The Morgan fingerprint density at radius 3 is 2.23 bits per heavy atom. The van der Waals surface area contributed by atoms with E-state index in [1.165, 1.54) is 0 Å². The maximum absolute atomic E-state index is 12.3. The quantitative estimate of drug-likeness (QED) is 0.426. The molecule has 0 unspecified atom stereocenters. The van der Waals surface area contributed by atoms with Crippen LogP contribution >= 0.6 is 28.1 Å². The maximum atomic E-state index is 12.3. The second-order valence-electron chi connectivity index (χ2n) is 6.50. The van der Waals surface area contributed by atoms with Gasteiger partial charge in [0.15, 0.2) is 5.11 Å². The molecule has 0 aliphatic rings. The van der Waals surface area contributed by atoms with Gasteiger partial charge in [-0.3, -0.25) is 14.9 Å². The lowest BCUT2D eigenvalue weighted by atomic mass is 10.1. The molecule has 0 bridgehead atoms. The Kier molecular flexibility index (Phi) is 7.70. The lowest BCUT2D eigenvalue weighted by Crippen LogP contribution is -2.34. The molecule has 0 saturated heterocycles. The number of anilines is 2. The van der Waals surface area contributed by atoms with E-state index >= 15 is 0 Å². The molecule has 3 rings (SSSR count). The van der Waals surface area contributed by atoms with Gasteiger partial charge in [-0.1, -0.05) is 48.5 Å². The van der Waals surface area contributed by atoms with Gasteiger partial charge < -0.3 is 10.6 Å². The van der Waals surface area contributed by atoms with Crippen molar-refractivity contribution in [2.75, 3.05) is 10.6 Å². The first-order valence-corrected chi connectivity index (χ1v) is 10.5. The van der Waals surface area contributed by atoms with E-state index in [1.807, 2.05) is 36.4 Å². The molecule has 0 aliphatic carbocycles. The molecular weight excluding hydrogens is 462 g/mol. The van der Waals surface area contributed by atoms with Gasteiger partial charge in [0.1, 0.15) is 0 Å². The third-order valence-electron chi connectivity index (χ3n) is 4.23. The van der Waals surface area contributed by atoms with E-state index in [0.717, 1.165) is 5.56 Å². The molecule has 0 aromatic heterocycles. The summed E-state index contributed by atoms with van der Waals surface area (Å²) in [5.41, 5.74) is 2.92. The van der Waals surface area contributed by atoms with Crippen molar-refractivity contribution in [3.05, 3.63) is 94.5 Å². The van der Waals surface area contributed by atoms with Crippen molar-refractivity contribution in [3.8, 4) is 0 Å². The number of aryl methyl sites for hydroxylation is 1. The first-order chi connectivity index (χ1) is 14.5. The lowest BCUT2D eigenvalue weighted by molar-refractivity contribution is -0.116. The number of nitrogens with one attached hydrogen (secondary N) is 3. The molecule has 0 atom stereocenters. The third kappa shape index (κ3) is 6.50. The van der Waals surface area contributed by atoms with Gasteiger partial charge in [-0.25, -0.2) is 0 Å². The van der Waals surface area contributed by atoms with E-state index < -0.39 is 0 Å². The molecule has 0 fully saturated rings. The number of thiocarbonyl (C=S) groups is 1. The number of hydrogen-bond acceptors (Lipinski definition) is 3. The Morgan fingerprint density at radius 2 is 1.50 bits per heavy atom. The minimum Gasteiger partial charge on any atom is -0.332 e. The van der Waals surface area contributed by atoms with E-state index in [4.69, 9.17) is 12.2 Å². The second-order valence-corrected chi connectivity index (χ2v) is 7.77. The van der Waals surface area contributed by atoms with E-state index in [2.05, 4.69) is 31.9 Å². The maximum Gasteiger partial charge on any atom is 0.258 e. The molecule has 3 aromatic carbocycles. The zero-order chi connectivity index (χ0) is 21.3. The highest BCUT2D eigenvalue weighted by molar-refractivity contribution is 9.10. The Labute approximate surface area is 189 Å². The number of carbonyl (C=O) groups is 2. The van der Waals surface area contributed by atoms with Crippen LogP contribution in [0.5, 0.6) is 0 Å². The summed E-state index contributed by atoms with van der Waals surface area (Å²) in [5.74, 6) is -0.383. The summed E-state index contributed by atoms with van der Waals surface area (Å²) in [7, 11) is 0. The molecule has 0 radical (unpaired) electrons. The molecule has 3 aromatic rings. The molecule has 0 heterocycles. The highest BCUT2D eigenvalue weighted by Gasteiger charge is 2.11. The fourth-order valence-corrected chi connectivity index (χ4v) is 3.45. The number of rotatable bonds is 6. The Bertz CT molecular complexity index is 1060. The number of hydrogen-bond donors (Lipinski definition) is 3. The van der Waals surface area contributed by atoms with Gasteiger partial charge in [-0.05, 0) is 70.5 Å². The topological polar surface area (TPSA) is 70.2 Å². The molecule has 152 valence electrons. The summed E-state index contributed by atoms with van der Waals surface area (Å²) in [6.07, 6.45) is 1.07. The normalized spacial score (nSPS) is 10.2. The molecule has 0 aliphatic heterocycles. The van der Waals surface area contributed by atoms with Gasteiger partial charge in [-0.15, -0.1) is 0 Å². The monoisotopic (exact) mass is 481 g/mol. The molecule has 0 spiro atoms. The van der Waals surface area contributed by atoms with Crippen molar-refractivity contribution >= 4 is 56.4 Å². The molecular formula is C23H20BrN3O2S. The van der Waals surface area contributed by atoms with Crippen LogP contribution in [0, 0.1) is 0 Å². The number of halogens is 1. The van der Waals surface area contributed by atoms with E-state index in [1.54, 1.807) is 42.5 Å². The predicted molar refractivity (Wildman–Crippen MR) is 128 cm³/mol. The van der Waals surface area contributed by atoms with Crippen molar-refractivity contribution in [3.63, 3.8) is 0 Å². The summed E-state index contributed by atoms with van der Waals surface area (Å²) in [5, 5.41) is 8.67. The number of benzene rings is 3. The summed E-state index contributed by atoms with van der Waals surface area (Å²) in [4.78, 5) is 24.6. The third-order valence-corrected chi connectivity index (χ3v) is 5.13. The van der Waals surface area contributed by atoms with Crippen LogP contribution < -0.4 is 16.0 Å². The summed E-state index contributed by atoms with van der Waals surface area (Å²) < 4.78 is 0.686. The van der Waals surface area contributed by atoms with Crippen LogP contribution in [0.3, 0.4) is 0 Å². The average molecular weight is 482 g/mol. The first kappa shape index (κ1) is 21.7. The largest absolute Gasteiger partial charge is 0.332 e. The van der Waals surface area contributed by atoms with Crippen LogP contribution in [0.25, 0.3) is 0 Å². The van der Waals surface area contributed by atoms with Crippen LogP contribution in [-0.2, 0) is 11.2 Å². The average Bonchev–Trinajstić information content (AvgIpc) is 2.73. The van der Waals surface area contributed by atoms with Crippen LogP contribution in [0.1, 0.15) is 22.3 Å². The van der Waals surface area contributed by atoms with Crippen molar-refractivity contribution in [2.24, 2.45) is 0 Å². The fourth-order valence-electron chi connectivity index (χ4n) is 2.78. The van der Waals surface area contributed by atoms with Gasteiger partial charge in [0.25, 0.3) is 5.91 Å². The molecule has 5 nitrogen and oxygen atoms in total. The molecule has 2 amide bonds. The molecule has 0 saturated carbocycles. The van der Waals surface area contributed by atoms with Crippen molar-refractivity contribution < 1.29 is 9.59 Å². The van der Waals surface area contributed by atoms with E-state index in [0.29, 0.717) is 34.3 Å². The molecule has 3 N–H and O–H groups in total. The summed E-state index contributed by atoms with van der Waals surface area (Å²) >= 11 is 8.59. The predicted octanol–water partition coefficient (Wildman–Crippen LogP) is 5.15. The Morgan fingerprint density at radius 1 is 0.833 bits per heavy atom. The SMILES string of the molecule is O=C(CCc1ccccc1)Nc1cccc(NC(=S)NC(=O)c2ccccc2Br)c1. The number of amides is 2. The minimum atomic E-state index is -0.314. The Hall–Kier alpha value is -3.03. The zero-order valence-corrected chi connectivity index (χ0v) is 18.4. The van der Waals surface area contributed by atoms with Gasteiger partial charge >= 0.3 is 0 Å². The van der Waals surface area contributed by atoms with E-state index in [-0.39, 0.29) is 16.9 Å². The van der Waals surface area contributed by atoms with Gasteiger partial charge in [0.05, 0.1) is 5.56 Å². The highest BCUT2D eigenvalue weighted by Crippen LogP contribution is 2.17.